The Morgan fingerprint density at radius 1 is 1.26 bits per heavy atom. The summed E-state index contributed by atoms with van der Waals surface area (Å²) in [5, 5.41) is 4.54. The lowest BCUT2D eigenvalue weighted by Crippen LogP contribution is -2.24. The third kappa shape index (κ3) is 4.67. The van der Waals surface area contributed by atoms with E-state index in [9.17, 15) is 4.79 Å². The molecule has 31 heavy (non-hydrogen) atoms. The van der Waals surface area contributed by atoms with Crippen LogP contribution in [-0.2, 0) is 24.9 Å². The second kappa shape index (κ2) is 8.99. The van der Waals surface area contributed by atoms with Gasteiger partial charge in [0.25, 0.3) is 0 Å². The molecule has 0 atom stereocenters. The van der Waals surface area contributed by atoms with Gasteiger partial charge in [0.2, 0.25) is 5.28 Å². The van der Waals surface area contributed by atoms with Crippen LogP contribution >= 0.6 is 23.2 Å². The Morgan fingerprint density at radius 3 is 2.94 bits per heavy atom. The first kappa shape index (κ1) is 21.2. The number of carbonyl (C=O) groups is 1. The SMILES string of the molecule is Cn1cc(Cl)c2ccc(CNC(=O)OCCCCn3cnc4c(N)nc(Cl)nc43)cc21. The number of imidazole rings is 1. The molecule has 0 fully saturated rings. The number of alkyl carbamates (subject to hydrolysis) is 1. The highest BCUT2D eigenvalue weighted by atomic mass is 35.5. The molecular formula is C20H21Cl2N7O2. The van der Waals surface area contributed by atoms with E-state index in [-0.39, 0.29) is 11.1 Å². The van der Waals surface area contributed by atoms with E-state index >= 15 is 0 Å². The van der Waals surface area contributed by atoms with Crippen LogP contribution in [0.1, 0.15) is 18.4 Å². The van der Waals surface area contributed by atoms with Crippen molar-refractivity contribution in [2.75, 3.05) is 12.3 Å². The number of fused-ring (bicyclic) bond motifs is 2. The Labute approximate surface area is 188 Å². The van der Waals surface area contributed by atoms with Crippen LogP contribution in [0.5, 0.6) is 0 Å². The number of benzene rings is 1. The van der Waals surface area contributed by atoms with Crippen molar-refractivity contribution in [1.82, 2.24) is 29.4 Å². The number of nitrogen functional groups attached to an aromatic ring is 1. The molecule has 11 heteroatoms. The van der Waals surface area contributed by atoms with Gasteiger partial charge in [0.15, 0.2) is 11.5 Å². The summed E-state index contributed by atoms with van der Waals surface area (Å²) in [6.07, 6.45) is 4.52. The van der Waals surface area contributed by atoms with Gasteiger partial charge >= 0.3 is 6.09 Å². The van der Waals surface area contributed by atoms with Gasteiger partial charge in [-0.1, -0.05) is 23.7 Å². The largest absolute Gasteiger partial charge is 0.450 e. The van der Waals surface area contributed by atoms with E-state index < -0.39 is 6.09 Å². The number of hydrogen-bond acceptors (Lipinski definition) is 6. The maximum Gasteiger partial charge on any atom is 0.407 e. The van der Waals surface area contributed by atoms with Crippen LogP contribution in [0.3, 0.4) is 0 Å². The molecule has 0 spiro atoms. The molecule has 0 aliphatic rings. The van der Waals surface area contributed by atoms with E-state index in [1.165, 1.54) is 0 Å². The predicted octanol–water partition coefficient (Wildman–Crippen LogP) is 3.91. The average molecular weight is 462 g/mol. The normalized spacial score (nSPS) is 11.3. The molecule has 0 aliphatic carbocycles. The van der Waals surface area contributed by atoms with Crippen LogP contribution in [-0.4, -0.2) is 36.8 Å². The zero-order chi connectivity index (χ0) is 22.0. The van der Waals surface area contributed by atoms with Crippen LogP contribution < -0.4 is 11.1 Å². The van der Waals surface area contributed by atoms with Crippen molar-refractivity contribution in [2.24, 2.45) is 7.05 Å². The van der Waals surface area contributed by atoms with Gasteiger partial charge in [-0.3, -0.25) is 0 Å². The van der Waals surface area contributed by atoms with Crippen LogP contribution in [0.25, 0.3) is 22.1 Å². The third-order valence-corrected chi connectivity index (χ3v) is 5.40. The number of nitrogens with zero attached hydrogens (tertiary/aromatic N) is 5. The topological polar surface area (TPSA) is 113 Å². The summed E-state index contributed by atoms with van der Waals surface area (Å²) in [5.74, 6) is 0.253. The molecule has 3 aromatic heterocycles. The predicted molar refractivity (Wildman–Crippen MR) is 120 cm³/mol. The van der Waals surface area contributed by atoms with Crippen molar-refractivity contribution in [3.05, 3.63) is 46.6 Å². The Balaban J connectivity index is 1.21. The molecule has 3 heterocycles. The van der Waals surface area contributed by atoms with Crippen LogP contribution in [0, 0.1) is 0 Å². The zero-order valence-corrected chi connectivity index (χ0v) is 18.3. The van der Waals surface area contributed by atoms with Gasteiger partial charge in [-0.05, 0) is 36.1 Å². The van der Waals surface area contributed by atoms with Crippen molar-refractivity contribution in [3.8, 4) is 0 Å². The molecule has 1 aromatic carbocycles. The first-order valence-electron chi connectivity index (χ1n) is 9.70. The number of halogens is 2. The summed E-state index contributed by atoms with van der Waals surface area (Å²) in [4.78, 5) is 24.2. The number of carbonyl (C=O) groups excluding carboxylic acids is 1. The summed E-state index contributed by atoms with van der Waals surface area (Å²) in [5.41, 5.74) is 8.90. The number of anilines is 1. The van der Waals surface area contributed by atoms with Gasteiger partial charge in [-0.15, -0.1) is 0 Å². The first-order valence-corrected chi connectivity index (χ1v) is 10.5. The minimum Gasteiger partial charge on any atom is -0.450 e. The second-order valence-electron chi connectivity index (χ2n) is 7.12. The molecule has 4 rings (SSSR count). The van der Waals surface area contributed by atoms with Crippen LogP contribution in [0.2, 0.25) is 10.3 Å². The number of aromatic nitrogens is 5. The van der Waals surface area contributed by atoms with Gasteiger partial charge < -0.3 is 24.9 Å². The quantitative estimate of drug-likeness (QED) is 0.318. The molecule has 9 nitrogen and oxygen atoms in total. The minimum absolute atomic E-state index is 0.0844. The number of amides is 1. The standard InChI is InChI=1S/C20H21Cl2N7O2/c1-28-10-14(21)13-5-4-12(8-15(13)28)9-24-20(30)31-7-3-2-6-29-11-25-16-17(23)26-19(22)27-18(16)29/h4-5,8,10-11H,2-3,6-7,9H2,1H3,(H,24,30)(H2,23,26,27). The van der Waals surface area contributed by atoms with E-state index in [0.29, 0.717) is 42.3 Å². The minimum atomic E-state index is -0.453. The Morgan fingerprint density at radius 2 is 2.10 bits per heavy atom. The molecule has 0 bridgehead atoms. The highest BCUT2D eigenvalue weighted by Gasteiger charge is 2.10. The highest BCUT2D eigenvalue weighted by molar-refractivity contribution is 6.35. The van der Waals surface area contributed by atoms with E-state index in [1.54, 1.807) is 6.33 Å². The smallest absolute Gasteiger partial charge is 0.407 e. The second-order valence-corrected chi connectivity index (χ2v) is 7.87. The lowest BCUT2D eigenvalue weighted by molar-refractivity contribution is 0.143. The number of ether oxygens (including phenoxy) is 1. The Hall–Kier alpha value is -3.04. The molecule has 0 saturated heterocycles. The molecule has 0 saturated carbocycles. The fourth-order valence-corrected chi connectivity index (χ4v) is 3.84. The Bertz CT molecular complexity index is 1250. The Kier molecular flexibility index (Phi) is 6.15. The molecule has 4 aromatic rings. The highest BCUT2D eigenvalue weighted by Crippen LogP contribution is 2.25. The van der Waals surface area contributed by atoms with Crippen molar-refractivity contribution in [2.45, 2.75) is 25.9 Å². The van der Waals surface area contributed by atoms with Gasteiger partial charge in [0.05, 0.1) is 18.0 Å². The van der Waals surface area contributed by atoms with Gasteiger partial charge in [-0.25, -0.2) is 9.78 Å². The third-order valence-electron chi connectivity index (χ3n) is 4.93. The summed E-state index contributed by atoms with van der Waals surface area (Å²) >= 11 is 12.1. The van der Waals surface area contributed by atoms with Crippen LogP contribution in [0.4, 0.5) is 10.6 Å². The number of rotatable bonds is 7. The van der Waals surface area contributed by atoms with Crippen molar-refractivity contribution >= 4 is 57.2 Å². The van der Waals surface area contributed by atoms with E-state index in [2.05, 4.69) is 20.3 Å². The number of unbranched alkanes of at least 4 members (excludes halogenated alkanes) is 1. The molecule has 0 unspecified atom stereocenters. The monoisotopic (exact) mass is 461 g/mol. The molecular weight excluding hydrogens is 441 g/mol. The first-order chi connectivity index (χ1) is 14.9. The molecule has 0 radical (unpaired) electrons. The van der Waals surface area contributed by atoms with Gasteiger partial charge in [0.1, 0.15) is 5.52 Å². The van der Waals surface area contributed by atoms with E-state index in [1.807, 2.05) is 40.6 Å². The maximum atomic E-state index is 12.0. The number of nitrogens with two attached hydrogens (primary N) is 1. The number of nitrogens with one attached hydrogen (secondary N) is 1. The average Bonchev–Trinajstić information content (AvgIpc) is 3.26. The summed E-state index contributed by atoms with van der Waals surface area (Å²) < 4.78 is 9.06. The van der Waals surface area contributed by atoms with Crippen molar-refractivity contribution in [3.63, 3.8) is 0 Å². The fourth-order valence-electron chi connectivity index (χ4n) is 3.37. The molecule has 162 valence electrons. The van der Waals surface area contributed by atoms with Crippen LogP contribution in [0.15, 0.2) is 30.7 Å². The zero-order valence-electron chi connectivity index (χ0n) is 16.8. The lowest BCUT2D eigenvalue weighted by atomic mass is 10.1. The fraction of sp³-hybridized carbons (Fsp3) is 0.300. The summed E-state index contributed by atoms with van der Waals surface area (Å²) in [6.45, 7) is 1.33. The summed E-state index contributed by atoms with van der Waals surface area (Å²) in [7, 11) is 1.93. The van der Waals surface area contributed by atoms with Crippen molar-refractivity contribution < 1.29 is 9.53 Å². The lowest BCUT2D eigenvalue weighted by Gasteiger charge is -2.08. The number of aryl methyl sites for hydroxylation is 2. The maximum absolute atomic E-state index is 12.0. The molecule has 0 aliphatic heterocycles. The molecule has 3 N–H and O–H groups in total. The summed E-state index contributed by atoms with van der Waals surface area (Å²) in [6, 6.07) is 5.89. The van der Waals surface area contributed by atoms with E-state index in [4.69, 9.17) is 33.7 Å². The van der Waals surface area contributed by atoms with E-state index in [0.717, 1.165) is 22.9 Å². The molecule has 1 amide bonds. The van der Waals surface area contributed by atoms with Crippen molar-refractivity contribution in [1.29, 1.82) is 0 Å². The van der Waals surface area contributed by atoms with Gasteiger partial charge in [0, 0.05) is 37.2 Å². The van der Waals surface area contributed by atoms with Gasteiger partial charge in [-0.2, -0.15) is 9.97 Å². The number of hydrogen-bond donors (Lipinski definition) is 2.